The van der Waals surface area contributed by atoms with Crippen molar-refractivity contribution in [1.29, 1.82) is 0 Å². The smallest absolute Gasteiger partial charge is 0.432 e. The number of halogens is 4. The molecule has 0 aliphatic rings. The number of rotatable bonds is 6. The van der Waals surface area contributed by atoms with Crippen molar-refractivity contribution in [1.82, 2.24) is 10.3 Å². The van der Waals surface area contributed by atoms with E-state index in [2.05, 4.69) is 4.98 Å². The molecule has 1 atom stereocenters. The maximum absolute atomic E-state index is 14.3. The highest BCUT2D eigenvalue weighted by atomic mass is 35.5. The van der Waals surface area contributed by atoms with Crippen LogP contribution in [0.2, 0.25) is 5.02 Å². The Labute approximate surface area is 182 Å². The summed E-state index contributed by atoms with van der Waals surface area (Å²) < 4.78 is 48.1. The standard InChI is InChI=1S/C19H14ClF3N2O3S2/c1-2-28-16(27)18(19(21,22)23,25-15(26)11-7-3-4-8-12(11)20)30-17-24-13-9-5-6-10-14(13)29-17/h3-10H,2H2,1H3,(H,25,26). The fourth-order valence-corrected chi connectivity index (χ4v) is 5.03. The van der Waals surface area contributed by atoms with E-state index in [4.69, 9.17) is 16.3 Å². The number of fused-ring (bicyclic) bond motifs is 1. The van der Waals surface area contributed by atoms with Gasteiger partial charge in [0, 0.05) is 0 Å². The number of para-hydroxylation sites is 1. The number of alkyl halides is 3. The summed E-state index contributed by atoms with van der Waals surface area (Å²) in [6, 6.07) is 12.3. The topological polar surface area (TPSA) is 68.3 Å². The average Bonchev–Trinajstić information content (AvgIpc) is 3.09. The van der Waals surface area contributed by atoms with E-state index in [9.17, 15) is 22.8 Å². The number of carbonyl (C=O) groups excluding carboxylic acids is 2. The molecule has 1 N–H and O–H groups in total. The van der Waals surface area contributed by atoms with Crippen LogP contribution >= 0.6 is 34.7 Å². The number of thioether (sulfide) groups is 1. The quantitative estimate of drug-likeness (QED) is 0.298. The lowest BCUT2D eigenvalue weighted by Gasteiger charge is -2.32. The van der Waals surface area contributed by atoms with Crippen LogP contribution in [0.4, 0.5) is 13.2 Å². The Morgan fingerprint density at radius 1 is 1.17 bits per heavy atom. The molecule has 0 aliphatic heterocycles. The van der Waals surface area contributed by atoms with Crippen molar-refractivity contribution in [3.63, 3.8) is 0 Å². The molecule has 0 saturated carbocycles. The summed E-state index contributed by atoms with van der Waals surface area (Å²) in [5.74, 6) is -2.82. The average molecular weight is 475 g/mol. The van der Waals surface area contributed by atoms with Crippen molar-refractivity contribution < 1.29 is 27.5 Å². The first kappa shape index (κ1) is 22.4. The van der Waals surface area contributed by atoms with Crippen LogP contribution in [0, 0.1) is 0 Å². The van der Waals surface area contributed by atoms with Gasteiger partial charge in [0.2, 0.25) is 0 Å². The minimum atomic E-state index is -5.20. The van der Waals surface area contributed by atoms with Crippen molar-refractivity contribution in [2.75, 3.05) is 6.61 Å². The molecule has 3 aromatic rings. The van der Waals surface area contributed by atoms with Gasteiger partial charge in [0.1, 0.15) is 0 Å². The molecule has 1 unspecified atom stereocenters. The van der Waals surface area contributed by atoms with Gasteiger partial charge in [-0.25, -0.2) is 9.78 Å². The number of esters is 1. The third-order valence-corrected chi connectivity index (χ3v) is 6.62. The molecule has 0 radical (unpaired) electrons. The van der Waals surface area contributed by atoms with Gasteiger partial charge in [0.15, 0.2) is 4.34 Å². The summed E-state index contributed by atoms with van der Waals surface area (Å²) in [6.07, 6.45) is -5.20. The van der Waals surface area contributed by atoms with Crippen LogP contribution in [-0.4, -0.2) is 34.5 Å². The molecular formula is C19H14ClF3N2O3S2. The zero-order valence-corrected chi connectivity index (χ0v) is 17.7. The van der Waals surface area contributed by atoms with Gasteiger partial charge in [0.05, 0.1) is 27.4 Å². The van der Waals surface area contributed by atoms with Crippen LogP contribution in [0.3, 0.4) is 0 Å². The second kappa shape index (κ2) is 8.83. The molecule has 3 rings (SSSR count). The van der Waals surface area contributed by atoms with Crippen LogP contribution < -0.4 is 5.32 Å². The molecule has 1 heterocycles. The van der Waals surface area contributed by atoms with Crippen LogP contribution in [0.15, 0.2) is 52.9 Å². The number of amides is 1. The number of hydrogen-bond donors (Lipinski definition) is 1. The zero-order valence-electron chi connectivity index (χ0n) is 15.3. The zero-order chi connectivity index (χ0) is 21.9. The highest BCUT2D eigenvalue weighted by Crippen LogP contribution is 2.46. The normalized spacial score (nSPS) is 13.6. The van der Waals surface area contributed by atoms with Gasteiger partial charge >= 0.3 is 12.1 Å². The first-order valence-electron chi connectivity index (χ1n) is 8.53. The van der Waals surface area contributed by atoms with E-state index in [-0.39, 0.29) is 33.3 Å². The molecule has 158 valence electrons. The molecule has 0 bridgehead atoms. The van der Waals surface area contributed by atoms with Crippen molar-refractivity contribution in [2.24, 2.45) is 0 Å². The number of aromatic nitrogens is 1. The second-order valence-corrected chi connectivity index (χ2v) is 8.78. The third-order valence-electron chi connectivity index (χ3n) is 3.88. The largest absolute Gasteiger partial charge is 0.463 e. The lowest BCUT2D eigenvalue weighted by atomic mass is 10.2. The molecule has 0 spiro atoms. The number of carbonyl (C=O) groups is 2. The van der Waals surface area contributed by atoms with Crippen LogP contribution in [-0.2, 0) is 9.53 Å². The summed E-state index contributed by atoms with van der Waals surface area (Å²) in [6.45, 7) is 1.07. The van der Waals surface area contributed by atoms with E-state index in [0.29, 0.717) is 10.2 Å². The monoisotopic (exact) mass is 474 g/mol. The van der Waals surface area contributed by atoms with Gasteiger partial charge in [0.25, 0.3) is 10.8 Å². The van der Waals surface area contributed by atoms with Crippen molar-refractivity contribution in [3.8, 4) is 0 Å². The Morgan fingerprint density at radius 3 is 2.47 bits per heavy atom. The summed E-state index contributed by atoms with van der Waals surface area (Å²) in [4.78, 5) is 26.0. The molecule has 1 amide bonds. The number of nitrogens with zero attached hydrogens (tertiary/aromatic N) is 1. The summed E-state index contributed by atoms with van der Waals surface area (Å²) in [5.41, 5.74) is 0.268. The molecule has 11 heteroatoms. The Balaban J connectivity index is 2.07. The molecular weight excluding hydrogens is 461 g/mol. The van der Waals surface area contributed by atoms with E-state index in [1.165, 1.54) is 31.2 Å². The molecule has 2 aromatic carbocycles. The van der Waals surface area contributed by atoms with E-state index in [0.717, 1.165) is 11.3 Å². The van der Waals surface area contributed by atoms with E-state index in [1.807, 2.05) is 5.32 Å². The maximum atomic E-state index is 14.3. The number of benzene rings is 2. The molecule has 5 nitrogen and oxygen atoms in total. The van der Waals surface area contributed by atoms with Crippen molar-refractivity contribution >= 4 is 56.8 Å². The minimum absolute atomic E-state index is 0.0546. The van der Waals surface area contributed by atoms with Crippen molar-refractivity contribution in [3.05, 3.63) is 59.1 Å². The number of thiazole rings is 1. The Hall–Kier alpha value is -2.30. The maximum Gasteiger partial charge on any atom is 0.432 e. The summed E-state index contributed by atoms with van der Waals surface area (Å²) in [7, 11) is 0. The highest BCUT2D eigenvalue weighted by Gasteiger charge is 2.64. The minimum Gasteiger partial charge on any atom is -0.463 e. The number of ether oxygens (including phenoxy) is 1. The number of hydrogen-bond acceptors (Lipinski definition) is 6. The van der Waals surface area contributed by atoms with E-state index < -0.39 is 22.9 Å². The predicted molar refractivity (Wildman–Crippen MR) is 110 cm³/mol. The Kier molecular flexibility index (Phi) is 6.59. The second-order valence-electron chi connectivity index (χ2n) is 5.88. The van der Waals surface area contributed by atoms with Crippen molar-refractivity contribution in [2.45, 2.75) is 22.3 Å². The van der Waals surface area contributed by atoms with Gasteiger partial charge in [-0.2, -0.15) is 13.2 Å². The lowest BCUT2D eigenvalue weighted by Crippen LogP contribution is -2.62. The van der Waals surface area contributed by atoms with E-state index >= 15 is 0 Å². The molecule has 30 heavy (non-hydrogen) atoms. The Morgan fingerprint density at radius 2 is 1.83 bits per heavy atom. The summed E-state index contributed by atoms with van der Waals surface area (Å²) in [5, 5.41) is 1.76. The molecule has 0 saturated heterocycles. The summed E-state index contributed by atoms with van der Waals surface area (Å²) >= 11 is 6.99. The van der Waals surface area contributed by atoms with E-state index in [1.54, 1.807) is 24.3 Å². The lowest BCUT2D eigenvalue weighted by molar-refractivity contribution is -0.190. The fraction of sp³-hybridized carbons (Fsp3) is 0.211. The third kappa shape index (κ3) is 4.40. The highest BCUT2D eigenvalue weighted by molar-refractivity contribution is 8.03. The van der Waals surface area contributed by atoms with Gasteiger partial charge in [-0.05, 0) is 43.0 Å². The Bertz CT molecular complexity index is 1060. The first-order chi connectivity index (χ1) is 14.2. The molecule has 1 aromatic heterocycles. The predicted octanol–water partition coefficient (Wildman–Crippen LogP) is 5.29. The van der Waals surface area contributed by atoms with Crippen LogP contribution in [0.5, 0.6) is 0 Å². The van der Waals surface area contributed by atoms with Crippen LogP contribution in [0.25, 0.3) is 10.2 Å². The van der Waals surface area contributed by atoms with Gasteiger partial charge < -0.3 is 10.1 Å². The van der Waals surface area contributed by atoms with Crippen LogP contribution in [0.1, 0.15) is 17.3 Å². The first-order valence-corrected chi connectivity index (χ1v) is 10.5. The SMILES string of the molecule is CCOC(=O)C(NC(=O)c1ccccc1Cl)(Sc1nc2ccccc2s1)C(F)(F)F. The van der Waals surface area contributed by atoms with Gasteiger partial charge in [-0.1, -0.05) is 35.9 Å². The molecule has 0 aliphatic carbocycles. The van der Waals surface area contributed by atoms with Gasteiger partial charge in [-0.15, -0.1) is 11.3 Å². The molecule has 0 fully saturated rings. The number of nitrogens with one attached hydrogen (secondary N) is 1. The fourth-order valence-electron chi connectivity index (χ4n) is 2.49. The van der Waals surface area contributed by atoms with Gasteiger partial charge in [-0.3, -0.25) is 4.79 Å².